The van der Waals surface area contributed by atoms with E-state index in [9.17, 15) is 9.59 Å². The van der Waals surface area contributed by atoms with Crippen LogP contribution < -0.4 is 5.32 Å². The number of hydrogen-bond acceptors (Lipinski definition) is 3. The van der Waals surface area contributed by atoms with Gasteiger partial charge in [0.1, 0.15) is 0 Å². The van der Waals surface area contributed by atoms with Crippen LogP contribution in [0.25, 0.3) is 0 Å². The van der Waals surface area contributed by atoms with Crippen LogP contribution in [-0.2, 0) is 9.59 Å². The van der Waals surface area contributed by atoms with E-state index in [1.54, 1.807) is 19.0 Å². The summed E-state index contributed by atoms with van der Waals surface area (Å²) in [6, 6.07) is 0. The summed E-state index contributed by atoms with van der Waals surface area (Å²) in [4.78, 5) is 26.5. The van der Waals surface area contributed by atoms with Crippen molar-refractivity contribution in [2.24, 2.45) is 5.92 Å². The first-order valence-corrected chi connectivity index (χ1v) is 6.37. The van der Waals surface area contributed by atoms with Gasteiger partial charge >= 0.3 is 0 Å². The van der Waals surface area contributed by atoms with Crippen LogP contribution in [0.4, 0.5) is 0 Å². The number of hydrogen-bond donors (Lipinski definition) is 1. The number of rotatable bonds is 5. The second kappa shape index (κ2) is 7.16. The molecular weight excluding hydrogens is 230 g/mol. The van der Waals surface area contributed by atoms with Crippen LogP contribution in [0.15, 0.2) is 12.7 Å². The molecule has 102 valence electrons. The number of carbonyl (C=O) groups excluding carboxylic acids is 2. The van der Waals surface area contributed by atoms with Crippen LogP contribution in [0.2, 0.25) is 0 Å². The molecule has 0 aromatic carbocycles. The van der Waals surface area contributed by atoms with Crippen LogP contribution in [0.3, 0.4) is 0 Å². The predicted molar refractivity (Wildman–Crippen MR) is 71.1 cm³/mol. The minimum atomic E-state index is -0.0252. The molecule has 0 atom stereocenters. The van der Waals surface area contributed by atoms with Gasteiger partial charge in [-0.25, -0.2) is 0 Å². The third kappa shape index (κ3) is 4.49. The highest BCUT2D eigenvalue weighted by Crippen LogP contribution is 2.17. The maximum absolute atomic E-state index is 11.4. The summed E-state index contributed by atoms with van der Waals surface area (Å²) < 4.78 is 0. The highest BCUT2D eigenvalue weighted by Gasteiger charge is 2.22. The Bertz CT molecular complexity index is 309. The normalized spacial score (nSPS) is 17.2. The van der Waals surface area contributed by atoms with E-state index in [2.05, 4.69) is 16.8 Å². The van der Waals surface area contributed by atoms with Crippen LogP contribution in [0.5, 0.6) is 0 Å². The third-order valence-electron chi connectivity index (χ3n) is 3.44. The molecule has 5 heteroatoms. The Morgan fingerprint density at radius 1 is 1.44 bits per heavy atom. The van der Waals surface area contributed by atoms with Crippen molar-refractivity contribution in [2.75, 3.05) is 40.3 Å². The number of nitrogens with one attached hydrogen (secondary N) is 1. The molecule has 0 spiro atoms. The van der Waals surface area contributed by atoms with Gasteiger partial charge in [0.2, 0.25) is 11.8 Å². The zero-order valence-electron chi connectivity index (χ0n) is 11.3. The molecule has 0 unspecified atom stereocenters. The number of nitrogens with zero attached hydrogens (tertiary/aromatic N) is 2. The van der Waals surface area contributed by atoms with Gasteiger partial charge in [-0.3, -0.25) is 14.5 Å². The van der Waals surface area contributed by atoms with E-state index in [0.717, 1.165) is 32.5 Å². The quantitative estimate of drug-likeness (QED) is 0.707. The van der Waals surface area contributed by atoms with Gasteiger partial charge in [0, 0.05) is 20.6 Å². The highest BCUT2D eigenvalue weighted by atomic mass is 16.2. The van der Waals surface area contributed by atoms with Gasteiger partial charge in [0.15, 0.2) is 0 Å². The molecule has 18 heavy (non-hydrogen) atoms. The Kier molecular flexibility index (Phi) is 5.85. The molecule has 1 heterocycles. The number of amides is 2. The van der Waals surface area contributed by atoms with Crippen molar-refractivity contribution in [1.29, 1.82) is 0 Å². The van der Waals surface area contributed by atoms with Crippen LogP contribution in [0, 0.1) is 5.92 Å². The van der Waals surface area contributed by atoms with E-state index in [1.807, 2.05) is 0 Å². The largest absolute Gasteiger partial charge is 0.358 e. The predicted octanol–water partition coefficient (Wildman–Crippen LogP) is 0.0888. The number of piperidine rings is 1. The van der Waals surface area contributed by atoms with Gasteiger partial charge in [0.05, 0.1) is 6.54 Å². The fourth-order valence-electron chi connectivity index (χ4n) is 2.24. The van der Waals surface area contributed by atoms with Crippen molar-refractivity contribution in [3.63, 3.8) is 0 Å². The summed E-state index contributed by atoms with van der Waals surface area (Å²) in [5, 5.41) is 2.63. The second-order valence-electron chi connectivity index (χ2n) is 4.82. The summed E-state index contributed by atoms with van der Waals surface area (Å²) in [7, 11) is 3.46. The molecule has 2 amide bonds. The van der Waals surface area contributed by atoms with E-state index < -0.39 is 0 Å². The molecule has 1 aliphatic rings. The number of likely N-dealkylation sites (tertiary alicyclic amines) is 1. The maximum atomic E-state index is 11.4. The smallest absolute Gasteiger partial charge is 0.245 e. The maximum Gasteiger partial charge on any atom is 0.245 e. The average molecular weight is 253 g/mol. The van der Waals surface area contributed by atoms with Crippen molar-refractivity contribution in [3.05, 3.63) is 12.7 Å². The second-order valence-corrected chi connectivity index (χ2v) is 4.82. The molecule has 1 aliphatic heterocycles. The van der Waals surface area contributed by atoms with Gasteiger partial charge < -0.3 is 10.2 Å². The van der Waals surface area contributed by atoms with E-state index in [-0.39, 0.29) is 11.8 Å². The molecule has 0 aromatic heterocycles. The lowest BCUT2D eigenvalue weighted by Gasteiger charge is -2.33. The first kappa shape index (κ1) is 14.7. The fourth-order valence-corrected chi connectivity index (χ4v) is 2.24. The number of carbonyl (C=O) groups is 2. The van der Waals surface area contributed by atoms with E-state index in [1.165, 1.54) is 6.08 Å². The van der Waals surface area contributed by atoms with Gasteiger partial charge in [-0.2, -0.15) is 0 Å². The third-order valence-corrected chi connectivity index (χ3v) is 3.44. The Balaban J connectivity index is 2.29. The molecule has 5 nitrogen and oxygen atoms in total. The minimum absolute atomic E-state index is 0.0252. The molecule has 1 N–H and O–H groups in total. The Hall–Kier alpha value is -1.36. The molecular formula is C13H23N3O2. The molecule has 0 bridgehead atoms. The van der Waals surface area contributed by atoms with Crippen molar-refractivity contribution in [1.82, 2.24) is 15.1 Å². The van der Waals surface area contributed by atoms with Gasteiger partial charge in [-0.15, -0.1) is 0 Å². The van der Waals surface area contributed by atoms with E-state index in [4.69, 9.17) is 0 Å². The van der Waals surface area contributed by atoms with Gasteiger partial charge in [-0.05, 0) is 37.9 Å². The highest BCUT2D eigenvalue weighted by molar-refractivity contribution is 5.86. The monoisotopic (exact) mass is 253 g/mol. The molecule has 1 fully saturated rings. The lowest BCUT2D eigenvalue weighted by atomic mass is 9.96. The molecule has 1 saturated heterocycles. The van der Waals surface area contributed by atoms with Crippen LogP contribution in [-0.4, -0.2) is 61.9 Å². The van der Waals surface area contributed by atoms with Crippen molar-refractivity contribution < 1.29 is 9.59 Å². The number of likely N-dealkylation sites (N-methyl/N-ethyl adjacent to an activating group) is 2. The molecule has 0 radical (unpaired) electrons. The first-order valence-electron chi connectivity index (χ1n) is 6.37. The average Bonchev–Trinajstić information content (AvgIpc) is 2.39. The minimum Gasteiger partial charge on any atom is -0.358 e. The summed E-state index contributed by atoms with van der Waals surface area (Å²) in [6.07, 6.45) is 3.41. The SMILES string of the molecule is C=CC(=O)N(C)CC1CCN(CC(=O)NC)CC1. The van der Waals surface area contributed by atoms with E-state index >= 15 is 0 Å². The Morgan fingerprint density at radius 3 is 2.56 bits per heavy atom. The van der Waals surface area contributed by atoms with Gasteiger partial charge in [-0.1, -0.05) is 6.58 Å². The van der Waals surface area contributed by atoms with Crippen molar-refractivity contribution in [3.8, 4) is 0 Å². The van der Waals surface area contributed by atoms with Gasteiger partial charge in [0.25, 0.3) is 0 Å². The Labute approximate surface area is 109 Å². The molecule has 0 saturated carbocycles. The van der Waals surface area contributed by atoms with Crippen molar-refractivity contribution in [2.45, 2.75) is 12.8 Å². The zero-order valence-corrected chi connectivity index (χ0v) is 11.3. The van der Waals surface area contributed by atoms with Crippen LogP contribution >= 0.6 is 0 Å². The molecule has 1 rings (SSSR count). The molecule has 0 aliphatic carbocycles. The summed E-state index contributed by atoms with van der Waals surface area (Å²) in [5.41, 5.74) is 0. The Morgan fingerprint density at radius 2 is 2.06 bits per heavy atom. The fraction of sp³-hybridized carbons (Fsp3) is 0.692. The van der Waals surface area contributed by atoms with E-state index in [0.29, 0.717) is 12.5 Å². The summed E-state index contributed by atoms with van der Waals surface area (Å²) in [5.74, 6) is 0.565. The summed E-state index contributed by atoms with van der Waals surface area (Å²) in [6.45, 7) is 6.59. The lowest BCUT2D eigenvalue weighted by Crippen LogP contribution is -2.42. The first-order chi connectivity index (χ1) is 8.56. The van der Waals surface area contributed by atoms with Crippen molar-refractivity contribution >= 4 is 11.8 Å². The molecule has 0 aromatic rings. The lowest BCUT2D eigenvalue weighted by molar-refractivity contribution is -0.125. The van der Waals surface area contributed by atoms with Crippen LogP contribution in [0.1, 0.15) is 12.8 Å². The topological polar surface area (TPSA) is 52.7 Å². The summed E-state index contributed by atoms with van der Waals surface area (Å²) >= 11 is 0. The zero-order chi connectivity index (χ0) is 13.5. The standard InChI is InChI=1S/C13H23N3O2/c1-4-13(18)15(3)9-11-5-7-16(8-6-11)10-12(17)14-2/h4,11H,1,5-10H2,2-3H3,(H,14,17).